The number of pyridine rings is 1. The summed E-state index contributed by atoms with van der Waals surface area (Å²) in [5.74, 6) is 1.25. The lowest BCUT2D eigenvalue weighted by Gasteiger charge is -2.21. The molecule has 0 bridgehead atoms. The number of nitrogens with one attached hydrogen (secondary N) is 1. The quantitative estimate of drug-likeness (QED) is 0.763. The predicted molar refractivity (Wildman–Crippen MR) is 97.8 cm³/mol. The third-order valence-corrected chi connectivity index (χ3v) is 3.72. The summed E-state index contributed by atoms with van der Waals surface area (Å²) in [4.78, 5) is 18.9. The van der Waals surface area contributed by atoms with Crippen LogP contribution in [0.25, 0.3) is 0 Å². The number of anilines is 3. The van der Waals surface area contributed by atoms with Crippen LogP contribution in [0.2, 0.25) is 0 Å². The van der Waals surface area contributed by atoms with Gasteiger partial charge in [0.1, 0.15) is 11.6 Å². The van der Waals surface area contributed by atoms with Crippen molar-refractivity contribution in [1.29, 1.82) is 0 Å². The molecule has 24 heavy (non-hydrogen) atoms. The van der Waals surface area contributed by atoms with Crippen molar-refractivity contribution < 1.29 is 9.53 Å². The van der Waals surface area contributed by atoms with Gasteiger partial charge in [-0.2, -0.15) is 0 Å². The minimum absolute atomic E-state index is 0.257. The van der Waals surface area contributed by atoms with Crippen LogP contribution in [-0.2, 0) is 0 Å². The number of nitrogens with zero attached hydrogens (tertiary/aromatic N) is 2. The first-order valence-corrected chi connectivity index (χ1v) is 8.04. The van der Waals surface area contributed by atoms with E-state index in [1.807, 2.05) is 6.07 Å². The largest absolute Gasteiger partial charge is 0.497 e. The molecule has 0 saturated heterocycles. The number of rotatable bonds is 7. The van der Waals surface area contributed by atoms with Crippen LogP contribution in [0, 0.1) is 0 Å². The first-order chi connectivity index (χ1) is 11.6. The van der Waals surface area contributed by atoms with E-state index in [1.54, 1.807) is 37.6 Å². The molecule has 6 nitrogen and oxygen atoms in total. The molecule has 0 spiro atoms. The van der Waals surface area contributed by atoms with E-state index in [0.717, 1.165) is 25.3 Å². The molecular formula is C18H24N4O2. The summed E-state index contributed by atoms with van der Waals surface area (Å²) in [7, 11) is 1.57. The van der Waals surface area contributed by atoms with Crippen molar-refractivity contribution in [3.63, 3.8) is 0 Å². The lowest BCUT2D eigenvalue weighted by Crippen LogP contribution is -2.24. The summed E-state index contributed by atoms with van der Waals surface area (Å²) < 4.78 is 5.15. The number of ether oxygens (including phenoxy) is 1. The maximum absolute atomic E-state index is 12.4. The number of carbonyl (C=O) groups excluding carboxylic acids is 1. The van der Waals surface area contributed by atoms with E-state index in [1.165, 1.54) is 0 Å². The highest BCUT2D eigenvalue weighted by atomic mass is 16.5. The van der Waals surface area contributed by atoms with Crippen molar-refractivity contribution in [3.8, 4) is 5.75 Å². The fourth-order valence-electron chi connectivity index (χ4n) is 2.38. The number of carbonyl (C=O) groups is 1. The fourth-order valence-corrected chi connectivity index (χ4v) is 2.38. The molecule has 2 rings (SSSR count). The zero-order valence-corrected chi connectivity index (χ0v) is 14.4. The Balaban J connectivity index is 2.13. The zero-order valence-electron chi connectivity index (χ0n) is 14.4. The van der Waals surface area contributed by atoms with Gasteiger partial charge in [0.15, 0.2) is 0 Å². The standard InChI is InChI=1S/C18H24N4O2/c1-4-10-22(5-2)17-9-6-13(12-20-17)18(23)21-16-11-14(24-3)7-8-15(16)19/h6-9,11-12H,4-5,10,19H2,1-3H3,(H,21,23). The number of nitrogens with two attached hydrogens (primary N) is 1. The van der Waals surface area contributed by atoms with Crippen LogP contribution in [0.4, 0.5) is 17.2 Å². The number of hydrogen-bond acceptors (Lipinski definition) is 5. The van der Waals surface area contributed by atoms with E-state index in [2.05, 4.69) is 29.0 Å². The fraction of sp³-hybridized carbons (Fsp3) is 0.333. The van der Waals surface area contributed by atoms with Gasteiger partial charge >= 0.3 is 0 Å². The number of hydrogen-bond donors (Lipinski definition) is 2. The molecule has 1 aromatic carbocycles. The van der Waals surface area contributed by atoms with Gasteiger partial charge in [-0.1, -0.05) is 6.92 Å². The van der Waals surface area contributed by atoms with Gasteiger partial charge in [0.2, 0.25) is 0 Å². The molecule has 0 fully saturated rings. The summed E-state index contributed by atoms with van der Waals surface area (Å²) >= 11 is 0. The van der Waals surface area contributed by atoms with Crippen LogP contribution in [0.15, 0.2) is 36.5 Å². The van der Waals surface area contributed by atoms with Crippen molar-refractivity contribution in [1.82, 2.24) is 4.98 Å². The van der Waals surface area contributed by atoms with Crippen molar-refractivity contribution in [2.45, 2.75) is 20.3 Å². The molecule has 0 atom stereocenters. The van der Waals surface area contributed by atoms with Gasteiger partial charge in [-0.05, 0) is 37.6 Å². The van der Waals surface area contributed by atoms with Gasteiger partial charge < -0.3 is 20.7 Å². The normalized spacial score (nSPS) is 10.3. The Morgan fingerprint density at radius 2 is 2.08 bits per heavy atom. The summed E-state index contributed by atoms with van der Waals surface area (Å²) in [5.41, 5.74) is 7.37. The topological polar surface area (TPSA) is 80.5 Å². The molecule has 1 aromatic heterocycles. The molecule has 0 aliphatic rings. The van der Waals surface area contributed by atoms with Gasteiger partial charge in [-0.3, -0.25) is 4.79 Å². The van der Waals surface area contributed by atoms with E-state index < -0.39 is 0 Å². The Labute approximate surface area is 142 Å². The molecule has 0 unspecified atom stereocenters. The third kappa shape index (κ3) is 4.16. The first-order valence-electron chi connectivity index (χ1n) is 8.04. The summed E-state index contributed by atoms with van der Waals surface area (Å²) in [6.45, 7) is 6.04. The SMILES string of the molecule is CCCN(CC)c1ccc(C(=O)Nc2cc(OC)ccc2N)cn1. The zero-order chi connectivity index (χ0) is 17.5. The summed E-state index contributed by atoms with van der Waals surface area (Å²) in [6.07, 6.45) is 2.63. The highest BCUT2D eigenvalue weighted by Crippen LogP contribution is 2.25. The number of amides is 1. The molecule has 0 saturated carbocycles. The molecule has 2 aromatic rings. The molecule has 0 aliphatic carbocycles. The van der Waals surface area contributed by atoms with Gasteiger partial charge in [-0.25, -0.2) is 4.98 Å². The summed E-state index contributed by atoms with van der Waals surface area (Å²) in [5, 5.41) is 2.79. The van der Waals surface area contributed by atoms with Crippen molar-refractivity contribution in [2.75, 3.05) is 36.1 Å². The number of benzene rings is 1. The van der Waals surface area contributed by atoms with Crippen LogP contribution in [0.1, 0.15) is 30.6 Å². The third-order valence-electron chi connectivity index (χ3n) is 3.72. The van der Waals surface area contributed by atoms with Gasteiger partial charge in [0.05, 0.1) is 24.0 Å². The Hall–Kier alpha value is -2.76. The van der Waals surface area contributed by atoms with E-state index in [-0.39, 0.29) is 5.91 Å². The minimum atomic E-state index is -0.257. The Kier molecular flexibility index (Phi) is 6.01. The number of aromatic nitrogens is 1. The van der Waals surface area contributed by atoms with E-state index in [4.69, 9.17) is 10.5 Å². The van der Waals surface area contributed by atoms with Crippen LogP contribution >= 0.6 is 0 Å². The molecule has 128 valence electrons. The molecule has 0 radical (unpaired) electrons. The van der Waals surface area contributed by atoms with Crippen LogP contribution in [-0.4, -0.2) is 31.1 Å². The Morgan fingerprint density at radius 3 is 2.67 bits per heavy atom. The predicted octanol–water partition coefficient (Wildman–Crippen LogP) is 3.16. The molecular weight excluding hydrogens is 304 g/mol. The van der Waals surface area contributed by atoms with E-state index in [9.17, 15) is 4.79 Å². The van der Waals surface area contributed by atoms with Crippen LogP contribution in [0.5, 0.6) is 5.75 Å². The maximum atomic E-state index is 12.4. The second-order valence-corrected chi connectivity index (χ2v) is 5.39. The molecule has 0 aliphatic heterocycles. The smallest absolute Gasteiger partial charge is 0.257 e. The first kappa shape index (κ1) is 17.6. The lowest BCUT2D eigenvalue weighted by atomic mass is 10.2. The molecule has 6 heteroatoms. The van der Waals surface area contributed by atoms with Crippen LogP contribution in [0.3, 0.4) is 0 Å². The molecule has 1 heterocycles. The second-order valence-electron chi connectivity index (χ2n) is 5.39. The highest BCUT2D eigenvalue weighted by molar-refractivity contribution is 6.05. The molecule has 1 amide bonds. The van der Waals surface area contributed by atoms with Gasteiger partial charge in [0.25, 0.3) is 5.91 Å². The Morgan fingerprint density at radius 1 is 1.29 bits per heavy atom. The van der Waals surface area contributed by atoms with E-state index in [0.29, 0.717) is 22.7 Å². The second kappa shape index (κ2) is 8.19. The van der Waals surface area contributed by atoms with Gasteiger partial charge in [0, 0.05) is 25.4 Å². The van der Waals surface area contributed by atoms with Crippen molar-refractivity contribution in [3.05, 3.63) is 42.1 Å². The van der Waals surface area contributed by atoms with Crippen molar-refractivity contribution >= 4 is 23.1 Å². The number of nitrogen functional groups attached to an aromatic ring is 1. The minimum Gasteiger partial charge on any atom is -0.497 e. The highest BCUT2D eigenvalue weighted by Gasteiger charge is 2.11. The van der Waals surface area contributed by atoms with Crippen LogP contribution < -0.4 is 20.7 Å². The average molecular weight is 328 g/mol. The maximum Gasteiger partial charge on any atom is 0.257 e. The Bertz CT molecular complexity index is 686. The summed E-state index contributed by atoms with van der Waals surface area (Å²) in [6, 6.07) is 8.76. The van der Waals surface area contributed by atoms with Gasteiger partial charge in [-0.15, -0.1) is 0 Å². The van der Waals surface area contributed by atoms with Crippen molar-refractivity contribution in [2.24, 2.45) is 0 Å². The average Bonchev–Trinajstić information content (AvgIpc) is 2.61. The molecule has 3 N–H and O–H groups in total. The number of methoxy groups -OCH3 is 1. The lowest BCUT2D eigenvalue weighted by molar-refractivity contribution is 0.102. The monoisotopic (exact) mass is 328 g/mol. The van der Waals surface area contributed by atoms with E-state index >= 15 is 0 Å².